The van der Waals surface area contributed by atoms with Crippen LogP contribution in [0.3, 0.4) is 0 Å². The number of hydrogen-bond donors (Lipinski definition) is 1. The Balaban J connectivity index is 2.13. The second-order valence-electron chi connectivity index (χ2n) is 5.28. The van der Waals surface area contributed by atoms with E-state index in [0.29, 0.717) is 0 Å². The highest BCUT2D eigenvalue weighted by atomic mass is 16.7. The first-order valence-corrected chi connectivity index (χ1v) is 6.91. The van der Waals surface area contributed by atoms with Crippen LogP contribution in [0.25, 0.3) is 0 Å². The highest BCUT2D eigenvalue weighted by Gasteiger charge is 2.39. The van der Waals surface area contributed by atoms with Crippen molar-refractivity contribution in [1.82, 2.24) is 5.32 Å². The van der Waals surface area contributed by atoms with Crippen LogP contribution < -0.4 is 5.32 Å². The zero-order valence-electron chi connectivity index (χ0n) is 12.4. The van der Waals surface area contributed by atoms with Crippen molar-refractivity contribution in [2.75, 3.05) is 0 Å². The lowest BCUT2D eigenvalue weighted by molar-refractivity contribution is -0.222. The zero-order valence-corrected chi connectivity index (χ0v) is 12.4. The van der Waals surface area contributed by atoms with Gasteiger partial charge >= 0.3 is 11.9 Å². The number of cyclic esters (lactones) is 2. The van der Waals surface area contributed by atoms with E-state index in [1.807, 2.05) is 37.3 Å². The van der Waals surface area contributed by atoms with Crippen molar-refractivity contribution >= 4 is 11.9 Å². The van der Waals surface area contributed by atoms with E-state index in [2.05, 4.69) is 5.32 Å². The summed E-state index contributed by atoms with van der Waals surface area (Å²) in [6, 6.07) is 9.80. The normalized spacial score (nSPS) is 18.5. The van der Waals surface area contributed by atoms with Crippen LogP contribution in [0.1, 0.15) is 38.8 Å². The predicted molar refractivity (Wildman–Crippen MR) is 77.0 cm³/mol. The maximum absolute atomic E-state index is 11.8. The molecule has 1 aromatic carbocycles. The van der Waals surface area contributed by atoms with E-state index in [1.54, 1.807) is 0 Å². The molecule has 0 aromatic heterocycles. The number of benzene rings is 1. The Morgan fingerprint density at radius 1 is 1.14 bits per heavy atom. The fourth-order valence-corrected chi connectivity index (χ4v) is 2.10. The number of ether oxygens (including phenoxy) is 2. The van der Waals surface area contributed by atoms with Crippen molar-refractivity contribution in [2.45, 2.75) is 39.0 Å². The van der Waals surface area contributed by atoms with Gasteiger partial charge in [0.2, 0.25) is 0 Å². The molecule has 1 aliphatic heterocycles. The third-order valence-electron chi connectivity index (χ3n) is 3.16. The van der Waals surface area contributed by atoms with Gasteiger partial charge in [0.25, 0.3) is 5.79 Å². The van der Waals surface area contributed by atoms with Gasteiger partial charge in [-0.3, -0.25) is 0 Å². The number of esters is 2. The average molecular weight is 289 g/mol. The van der Waals surface area contributed by atoms with E-state index in [9.17, 15) is 9.59 Å². The van der Waals surface area contributed by atoms with Crippen molar-refractivity contribution in [2.24, 2.45) is 0 Å². The molecule has 2 rings (SSSR count). The van der Waals surface area contributed by atoms with Gasteiger partial charge in [-0.25, -0.2) is 9.59 Å². The van der Waals surface area contributed by atoms with E-state index in [1.165, 1.54) is 20.0 Å². The summed E-state index contributed by atoms with van der Waals surface area (Å²) in [4.78, 5) is 23.7. The van der Waals surface area contributed by atoms with E-state index in [4.69, 9.17) is 9.47 Å². The van der Waals surface area contributed by atoms with Crippen LogP contribution in [0.4, 0.5) is 0 Å². The van der Waals surface area contributed by atoms with Gasteiger partial charge in [-0.05, 0) is 12.0 Å². The summed E-state index contributed by atoms with van der Waals surface area (Å²) in [5.74, 6) is -2.56. The number of carbonyl (C=O) groups is 2. The molecule has 0 spiro atoms. The molecule has 5 nitrogen and oxygen atoms in total. The number of carbonyl (C=O) groups excluding carboxylic acids is 2. The summed E-state index contributed by atoms with van der Waals surface area (Å²) in [7, 11) is 0. The third kappa shape index (κ3) is 3.62. The minimum atomic E-state index is -1.21. The molecule has 1 saturated heterocycles. The molecule has 1 atom stereocenters. The average Bonchev–Trinajstić information content (AvgIpc) is 2.42. The van der Waals surface area contributed by atoms with Crippen LogP contribution >= 0.6 is 0 Å². The minimum Gasteiger partial charge on any atom is -0.419 e. The molecular weight excluding hydrogens is 270 g/mol. The molecule has 1 unspecified atom stereocenters. The molecular formula is C16H19NO4. The lowest BCUT2D eigenvalue weighted by Gasteiger charge is -2.30. The highest BCUT2D eigenvalue weighted by Crippen LogP contribution is 2.23. The number of hydrogen-bond acceptors (Lipinski definition) is 5. The van der Waals surface area contributed by atoms with Gasteiger partial charge in [-0.1, -0.05) is 37.3 Å². The quantitative estimate of drug-likeness (QED) is 0.524. The lowest BCUT2D eigenvalue weighted by Crippen LogP contribution is -2.42. The molecule has 0 saturated carbocycles. The molecule has 1 N–H and O–H groups in total. The fourth-order valence-electron chi connectivity index (χ4n) is 2.10. The molecule has 5 heteroatoms. The minimum absolute atomic E-state index is 0.00855. The Labute approximate surface area is 123 Å². The Hall–Kier alpha value is -2.30. The Bertz CT molecular complexity index is 541. The molecule has 1 heterocycles. The van der Waals surface area contributed by atoms with E-state index in [0.717, 1.165) is 12.0 Å². The van der Waals surface area contributed by atoms with Crippen molar-refractivity contribution < 1.29 is 19.1 Å². The van der Waals surface area contributed by atoms with Gasteiger partial charge < -0.3 is 14.8 Å². The van der Waals surface area contributed by atoms with Crippen LogP contribution in [0.5, 0.6) is 0 Å². The molecule has 1 fully saturated rings. The van der Waals surface area contributed by atoms with Crippen LogP contribution in [0.2, 0.25) is 0 Å². The van der Waals surface area contributed by atoms with Crippen molar-refractivity contribution in [1.29, 1.82) is 0 Å². The van der Waals surface area contributed by atoms with Gasteiger partial charge in [-0.2, -0.15) is 0 Å². The summed E-state index contributed by atoms with van der Waals surface area (Å²) >= 11 is 0. The van der Waals surface area contributed by atoms with E-state index in [-0.39, 0.29) is 11.6 Å². The van der Waals surface area contributed by atoms with Crippen molar-refractivity contribution in [3.63, 3.8) is 0 Å². The first-order chi connectivity index (χ1) is 9.93. The standard InChI is InChI=1S/C16H19NO4/c1-4-13(11-8-6-5-7-9-11)17-10-12-14(18)20-16(2,3)21-15(12)19/h5-10,13,17H,4H2,1-3H3. The lowest BCUT2D eigenvalue weighted by atomic mass is 10.0. The smallest absolute Gasteiger partial charge is 0.350 e. The Kier molecular flexibility index (Phi) is 4.31. The maximum Gasteiger partial charge on any atom is 0.350 e. The first kappa shape index (κ1) is 15.1. The van der Waals surface area contributed by atoms with Crippen LogP contribution in [0.15, 0.2) is 42.1 Å². The Morgan fingerprint density at radius 3 is 2.24 bits per heavy atom. The molecule has 0 bridgehead atoms. The first-order valence-electron chi connectivity index (χ1n) is 6.91. The SMILES string of the molecule is CCC(NC=C1C(=O)OC(C)(C)OC1=O)c1ccccc1. The van der Waals surface area contributed by atoms with Gasteiger partial charge in [0.1, 0.15) is 0 Å². The Morgan fingerprint density at radius 2 is 1.71 bits per heavy atom. The zero-order chi connectivity index (χ0) is 15.5. The van der Waals surface area contributed by atoms with Crippen LogP contribution in [0, 0.1) is 0 Å². The molecule has 0 amide bonds. The van der Waals surface area contributed by atoms with Crippen molar-refractivity contribution in [3.05, 3.63) is 47.7 Å². The predicted octanol–water partition coefficient (Wildman–Crippen LogP) is 2.45. The molecule has 1 aliphatic rings. The maximum atomic E-state index is 11.8. The summed E-state index contributed by atoms with van der Waals surface area (Å²) < 4.78 is 10.1. The van der Waals surface area contributed by atoms with Gasteiger partial charge in [-0.15, -0.1) is 0 Å². The van der Waals surface area contributed by atoms with Crippen LogP contribution in [-0.4, -0.2) is 17.7 Å². The second-order valence-corrected chi connectivity index (χ2v) is 5.28. The molecule has 0 aliphatic carbocycles. The third-order valence-corrected chi connectivity index (χ3v) is 3.16. The summed E-state index contributed by atoms with van der Waals surface area (Å²) in [5.41, 5.74) is 0.957. The van der Waals surface area contributed by atoms with E-state index < -0.39 is 17.7 Å². The topological polar surface area (TPSA) is 64.6 Å². The largest absolute Gasteiger partial charge is 0.419 e. The number of nitrogens with one attached hydrogen (secondary N) is 1. The molecule has 1 aromatic rings. The number of rotatable bonds is 4. The molecule has 21 heavy (non-hydrogen) atoms. The monoisotopic (exact) mass is 289 g/mol. The highest BCUT2D eigenvalue weighted by molar-refractivity contribution is 6.15. The summed E-state index contributed by atoms with van der Waals surface area (Å²) in [6.45, 7) is 5.06. The molecule has 112 valence electrons. The summed E-state index contributed by atoms with van der Waals surface area (Å²) in [5, 5.41) is 3.08. The fraction of sp³-hybridized carbons (Fsp3) is 0.375. The molecule has 0 radical (unpaired) electrons. The van der Waals surface area contributed by atoms with Crippen LogP contribution in [-0.2, 0) is 19.1 Å². The van der Waals surface area contributed by atoms with Gasteiger partial charge in [0.05, 0.1) is 6.04 Å². The summed E-state index contributed by atoms with van der Waals surface area (Å²) in [6.07, 6.45) is 2.18. The van der Waals surface area contributed by atoms with Gasteiger partial charge in [0.15, 0.2) is 5.57 Å². The van der Waals surface area contributed by atoms with Crippen molar-refractivity contribution in [3.8, 4) is 0 Å². The second kappa shape index (κ2) is 5.99. The van der Waals surface area contributed by atoms with Gasteiger partial charge in [0, 0.05) is 20.0 Å². The van der Waals surface area contributed by atoms with E-state index >= 15 is 0 Å².